The lowest BCUT2D eigenvalue weighted by Gasteiger charge is -2.23. The lowest BCUT2D eigenvalue weighted by atomic mass is 9.92. The van der Waals surface area contributed by atoms with Crippen LogP contribution in [0, 0.1) is 20.8 Å². The van der Waals surface area contributed by atoms with Crippen LogP contribution in [0.15, 0.2) is 199 Å². The van der Waals surface area contributed by atoms with Crippen LogP contribution in [0.2, 0.25) is 0 Å². The topological polar surface area (TPSA) is 29.3 Å². The summed E-state index contributed by atoms with van der Waals surface area (Å²) in [4.78, 5) is 4.97. The Labute approximate surface area is 346 Å². The number of fused-ring (bicyclic) bond motifs is 6. The molecule has 1 N–H and O–H groups in total. The third-order valence-corrected chi connectivity index (χ3v) is 11.8. The van der Waals surface area contributed by atoms with Crippen LogP contribution in [-0.2, 0) is 6.42 Å². The summed E-state index contributed by atoms with van der Waals surface area (Å²) in [5, 5.41) is 6.16. The predicted octanol–water partition coefficient (Wildman–Crippen LogP) is 13.8. The van der Waals surface area contributed by atoms with Crippen LogP contribution in [0.5, 0.6) is 0 Å². The minimum absolute atomic E-state index is 0.00756. The summed E-state index contributed by atoms with van der Waals surface area (Å²) in [6.07, 6.45) is 3.19. The molecule has 9 aromatic rings. The second-order valence-electron chi connectivity index (χ2n) is 15.8. The summed E-state index contributed by atoms with van der Waals surface area (Å²) in [6.45, 7) is 6.56. The van der Waals surface area contributed by atoms with Crippen LogP contribution in [-0.4, -0.2) is 10.4 Å². The zero-order chi connectivity index (χ0) is 39.9. The number of nitrogens with zero attached hydrogens (tertiary/aromatic N) is 2. The van der Waals surface area contributed by atoms with Crippen molar-refractivity contribution in [2.45, 2.75) is 33.2 Å². The van der Waals surface area contributed by atoms with Gasteiger partial charge in [-0.05, 0) is 131 Å². The van der Waals surface area contributed by atoms with Gasteiger partial charge in [-0.3, -0.25) is 4.99 Å². The fraction of sp³-hybridized carbons (Fsp3) is 0.0893. The molecule has 0 saturated carbocycles. The second kappa shape index (κ2) is 15.3. The van der Waals surface area contributed by atoms with Gasteiger partial charge in [0.05, 0.1) is 17.1 Å². The normalized spacial score (nSPS) is 14.1. The van der Waals surface area contributed by atoms with Crippen molar-refractivity contribution in [1.82, 2.24) is 9.88 Å². The Morgan fingerprint density at radius 1 is 0.492 bits per heavy atom. The van der Waals surface area contributed by atoms with Crippen molar-refractivity contribution in [3.8, 4) is 27.9 Å². The molecule has 8 aromatic carbocycles. The van der Waals surface area contributed by atoms with Crippen molar-refractivity contribution in [2.24, 2.45) is 4.99 Å². The summed E-state index contributed by atoms with van der Waals surface area (Å²) in [6, 6.07) is 67.2. The average molecular weight is 760 g/mol. The molecule has 59 heavy (non-hydrogen) atoms. The fourth-order valence-corrected chi connectivity index (χ4v) is 8.93. The molecular weight excluding hydrogens is 715 g/mol. The number of hydrogen-bond donors (Lipinski definition) is 1. The summed E-state index contributed by atoms with van der Waals surface area (Å²) in [7, 11) is 0. The molecular formula is C56H45N3. The zero-order valence-corrected chi connectivity index (χ0v) is 33.7. The third-order valence-electron chi connectivity index (χ3n) is 11.8. The number of aryl methyl sites for hydroxylation is 3. The van der Waals surface area contributed by atoms with Crippen molar-refractivity contribution in [1.29, 1.82) is 0 Å². The summed E-state index contributed by atoms with van der Waals surface area (Å²) >= 11 is 0. The number of aromatic nitrogens is 1. The highest BCUT2D eigenvalue weighted by atomic mass is 15.0. The van der Waals surface area contributed by atoms with Crippen molar-refractivity contribution in [3.63, 3.8) is 0 Å². The highest BCUT2D eigenvalue weighted by Crippen LogP contribution is 2.45. The highest BCUT2D eigenvalue weighted by Gasteiger charge is 2.24. The van der Waals surface area contributed by atoms with Gasteiger partial charge in [-0.15, -0.1) is 0 Å². The molecule has 1 unspecified atom stereocenters. The van der Waals surface area contributed by atoms with Crippen molar-refractivity contribution < 1.29 is 0 Å². The zero-order valence-electron chi connectivity index (χ0n) is 33.7. The lowest BCUT2D eigenvalue weighted by molar-refractivity contribution is 0.880. The van der Waals surface area contributed by atoms with E-state index in [-0.39, 0.29) is 6.04 Å². The smallest absolute Gasteiger partial charge is 0.133 e. The molecule has 0 fully saturated rings. The lowest BCUT2D eigenvalue weighted by Crippen LogP contribution is -2.27. The van der Waals surface area contributed by atoms with E-state index >= 15 is 0 Å². The number of para-hydroxylation sites is 2. The molecule has 0 spiro atoms. The van der Waals surface area contributed by atoms with Gasteiger partial charge in [-0.1, -0.05) is 151 Å². The molecule has 11 rings (SSSR count). The number of benzene rings is 8. The van der Waals surface area contributed by atoms with Gasteiger partial charge in [0.25, 0.3) is 0 Å². The van der Waals surface area contributed by atoms with E-state index in [1.54, 1.807) is 0 Å². The first kappa shape index (κ1) is 36.1. The predicted molar refractivity (Wildman–Crippen MR) is 248 cm³/mol. The Bertz CT molecular complexity index is 3060. The fourth-order valence-electron chi connectivity index (χ4n) is 8.93. The maximum atomic E-state index is 4.97. The monoisotopic (exact) mass is 759 g/mol. The molecule has 1 aliphatic heterocycles. The van der Waals surface area contributed by atoms with Gasteiger partial charge in [-0.2, -0.15) is 0 Å². The van der Waals surface area contributed by atoms with Crippen LogP contribution in [0.25, 0.3) is 55.4 Å². The van der Waals surface area contributed by atoms with E-state index in [0.29, 0.717) is 0 Å². The summed E-state index contributed by atoms with van der Waals surface area (Å²) in [5.74, 6) is 0.916. The van der Waals surface area contributed by atoms with Crippen LogP contribution in [0.1, 0.15) is 50.5 Å². The molecule has 0 amide bonds. The SMILES string of the molecule is Cc1cccc(C2=NC(c3ccccc3)C=C(c3ccccc3)N2)c1.Cc1ccccc1-c1cc2c(cc1C)Cc1cc3c(cc1-2)c1ccccc1n3-c1ccccc1. The Morgan fingerprint density at radius 3 is 1.93 bits per heavy atom. The number of hydrogen-bond acceptors (Lipinski definition) is 2. The Morgan fingerprint density at radius 2 is 1.15 bits per heavy atom. The molecule has 0 radical (unpaired) electrons. The first-order valence-corrected chi connectivity index (χ1v) is 20.5. The van der Waals surface area contributed by atoms with Crippen molar-refractivity contribution in [3.05, 3.63) is 239 Å². The molecule has 0 bridgehead atoms. The van der Waals surface area contributed by atoms with Gasteiger partial charge in [0, 0.05) is 27.7 Å². The number of nitrogens with one attached hydrogen (secondary N) is 1. The van der Waals surface area contributed by atoms with E-state index in [0.717, 1.165) is 23.5 Å². The standard InChI is InChI=1S/C33H25N.C23H20N2/c1-21-10-6-7-13-26(21)28-19-29-23(16-22(28)2)17-24-18-33-31(20-30(24)29)27-14-8-9-15-32(27)34(33)25-11-4-3-5-12-25;1-17-9-8-14-20(15-17)23-24-21(18-10-4-2-5-11-18)16-22(25-23)19-12-6-3-7-13-19/h3-16,18-20H,17H2,1-2H3;2-16,21H,1H3,(H,24,25). The molecule has 1 aromatic heterocycles. The minimum Gasteiger partial charge on any atom is -0.340 e. The highest BCUT2D eigenvalue weighted by molar-refractivity contribution is 6.11. The first-order chi connectivity index (χ1) is 29.0. The van der Waals surface area contributed by atoms with Crippen molar-refractivity contribution in [2.75, 3.05) is 0 Å². The van der Waals surface area contributed by atoms with E-state index in [2.05, 4.69) is 213 Å². The summed E-state index contributed by atoms with van der Waals surface area (Å²) < 4.78 is 2.41. The minimum atomic E-state index is 0.00756. The van der Waals surface area contributed by atoms with Gasteiger partial charge >= 0.3 is 0 Å². The molecule has 1 atom stereocenters. The molecule has 284 valence electrons. The van der Waals surface area contributed by atoms with Crippen LogP contribution in [0.4, 0.5) is 0 Å². The van der Waals surface area contributed by atoms with Gasteiger partial charge in [0.1, 0.15) is 5.84 Å². The van der Waals surface area contributed by atoms with Gasteiger partial charge in [-0.25, -0.2) is 0 Å². The first-order valence-electron chi connectivity index (χ1n) is 20.5. The van der Waals surface area contributed by atoms with E-state index in [1.807, 2.05) is 12.1 Å². The van der Waals surface area contributed by atoms with Crippen LogP contribution in [0.3, 0.4) is 0 Å². The quantitative estimate of drug-likeness (QED) is 0.186. The maximum absolute atomic E-state index is 4.97. The molecule has 2 heterocycles. The Kier molecular flexibility index (Phi) is 9.35. The van der Waals surface area contributed by atoms with E-state index in [9.17, 15) is 0 Å². The van der Waals surface area contributed by atoms with Crippen LogP contribution < -0.4 is 5.32 Å². The average Bonchev–Trinajstić information content (AvgIpc) is 3.80. The largest absolute Gasteiger partial charge is 0.340 e. The Balaban J connectivity index is 0.000000150. The molecule has 1 aliphatic carbocycles. The molecule has 0 saturated heterocycles. The number of amidine groups is 1. The number of aliphatic imine (C=N–C) groups is 1. The molecule has 3 heteroatoms. The van der Waals surface area contributed by atoms with E-state index in [4.69, 9.17) is 4.99 Å². The molecule has 2 aliphatic rings. The maximum Gasteiger partial charge on any atom is 0.133 e. The third kappa shape index (κ3) is 6.85. The second-order valence-corrected chi connectivity index (χ2v) is 15.8. The van der Waals surface area contributed by atoms with Gasteiger partial charge < -0.3 is 9.88 Å². The van der Waals surface area contributed by atoms with Gasteiger partial charge in [0.2, 0.25) is 0 Å². The summed E-state index contributed by atoms with van der Waals surface area (Å²) in [5.41, 5.74) is 20.5. The van der Waals surface area contributed by atoms with E-state index < -0.39 is 0 Å². The van der Waals surface area contributed by atoms with Crippen molar-refractivity contribution >= 4 is 33.3 Å². The van der Waals surface area contributed by atoms with Crippen LogP contribution >= 0.6 is 0 Å². The Hall–Kier alpha value is -7.23. The van der Waals surface area contributed by atoms with Gasteiger partial charge in [0.15, 0.2) is 0 Å². The van der Waals surface area contributed by atoms with E-state index in [1.165, 1.54) is 88.7 Å². The molecule has 3 nitrogen and oxygen atoms in total. The number of rotatable bonds is 5.